The van der Waals surface area contributed by atoms with Gasteiger partial charge in [0.25, 0.3) is 42.2 Å². The Labute approximate surface area is 351 Å². The molecule has 19 heteroatoms. The normalized spacial score (nSPS) is 20.0. The van der Waals surface area contributed by atoms with E-state index in [1.54, 1.807) is 18.2 Å². The Morgan fingerprint density at radius 1 is 0.817 bits per heavy atom. The van der Waals surface area contributed by atoms with Crippen LogP contribution < -0.4 is 4.90 Å². The van der Waals surface area contributed by atoms with Crippen LogP contribution in [0.15, 0.2) is 77.4 Å². The van der Waals surface area contributed by atoms with E-state index in [1.165, 1.54) is 12.1 Å². The number of allylic oxidation sites excluding steroid dienone is 6. The van der Waals surface area contributed by atoms with Crippen molar-refractivity contribution >= 4 is 65.2 Å². The monoisotopic (exact) mass is 890 g/mol. The number of unbranched alkanes of at least 4 members (excludes halogenated alkanes) is 2. The van der Waals surface area contributed by atoms with Gasteiger partial charge in [0.15, 0.2) is 5.71 Å². The highest BCUT2D eigenvalue weighted by Gasteiger charge is 2.47. The first-order valence-corrected chi connectivity index (χ1v) is 24.3. The van der Waals surface area contributed by atoms with Crippen molar-refractivity contribution in [3.05, 3.63) is 89.2 Å². The van der Waals surface area contributed by atoms with E-state index >= 15 is 0 Å². The number of carbonyl (C=O) groups is 3. The van der Waals surface area contributed by atoms with Gasteiger partial charge in [-0.25, -0.2) is 4.79 Å². The van der Waals surface area contributed by atoms with Crippen LogP contribution in [0.4, 0.5) is 11.4 Å². The molecule has 0 radical (unpaired) electrons. The average molecular weight is 891 g/mol. The molecule has 1 atom stereocenters. The van der Waals surface area contributed by atoms with Gasteiger partial charge >= 0.3 is 5.97 Å². The lowest BCUT2D eigenvalue weighted by Gasteiger charge is -2.27. The molecular formula is C41H52N3O13S3+. The number of hydrogen-bond donors (Lipinski definition) is 3. The van der Waals surface area contributed by atoms with Crippen molar-refractivity contribution in [2.75, 3.05) is 29.5 Å². The molecule has 0 saturated carbocycles. The molecule has 2 aromatic rings. The first kappa shape index (κ1) is 46.5. The van der Waals surface area contributed by atoms with Gasteiger partial charge in [-0.2, -0.15) is 29.8 Å². The summed E-state index contributed by atoms with van der Waals surface area (Å²) in [7, 11) is -13.0. The lowest BCUT2D eigenvalue weighted by atomic mass is 9.75. The Balaban J connectivity index is 1.42. The molecule has 1 saturated heterocycles. The first-order chi connectivity index (χ1) is 27.9. The van der Waals surface area contributed by atoms with Crippen LogP contribution in [0.3, 0.4) is 0 Å². The van der Waals surface area contributed by atoms with Crippen molar-refractivity contribution in [2.45, 2.75) is 101 Å². The third-order valence-corrected chi connectivity index (χ3v) is 13.6. The van der Waals surface area contributed by atoms with Crippen molar-refractivity contribution in [1.82, 2.24) is 5.06 Å². The maximum Gasteiger partial charge on any atom is 0.333 e. The molecule has 5 rings (SSSR count). The maximum atomic E-state index is 12.4. The Morgan fingerprint density at radius 3 is 2.13 bits per heavy atom. The summed E-state index contributed by atoms with van der Waals surface area (Å²) in [4.78, 5) is 42.7. The molecule has 0 aromatic heterocycles. The minimum atomic E-state index is -4.51. The van der Waals surface area contributed by atoms with E-state index in [9.17, 15) is 53.3 Å². The molecule has 60 heavy (non-hydrogen) atoms. The average Bonchev–Trinajstić information content (AvgIpc) is 3.65. The molecule has 3 aliphatic heterocycles. The number of imide groups is 1. The largest absolute Gasteiger partial charge is 0.344 e. The quantitative estimate of drug-likeness (QED) is 0.0520. The Bertz CT molecular complexity index is 2490. The number of anilines is 1. The molecular weight excluding hydrogens is 839 g/mol. The van der Waals surface area contributed by atoms with E-state index in [0.29, 0.717) is 47.7 Å². The minimum absolute atomic E-state index is 0.00945. The van der Waals surface area contributed by atoms with Crippen molar-refractivity contribution < 1.29 is 62.7 Å². The van der Waals surface area contributed by atoms with Crippen molar-refractivity contribution in [2.24, 2.45) is 0 Å². The molecule has 2 aromatic carbocycles. The Morgan fingerprint density at radius 2 is 1.48 bits per heavy atom. The lowest BCUT2D eigenvalue weighted by molar-refractivity contribution is -0.437. The van der Waals surface area contributed by atoms with Crippen LogP contribution in [0.1, 0.15) is 95.2 Å². The Kier molecular flexibility index (Phi) is 14.1. The van der Waals surface area contributed by atoms with Gasteiger partial charge in [0.05, 0.1) is 21.8 Å². The maximum absolute atomic E-state index is 12.4. The second-order valence-corrected chi connectivity index (χ2v) is 20.6. The van der Waals surface area contributed by atoms with Crippen LogP contribution in [0.5, 0.6) is 0 Å². The van der Waals surface area contributed by atoms with Crippen LogP contribution in [0.2, 0.25) is 0 Å². The highest BCUT2D eigenvalue weighted by molar-refractivity contribution is 7.86. The van der Waals surface area contributed by atoms with E-state index in [1.807, 2.05) is 60.6 Å². The summed E-state index contributed by atoms with van der Waals surface area (Å²) < 4.78 is 101. The summed E-state index contributed by atoms with van der Waals surface area (Å²) in [5.41, 5.74) is 4.39. The molecule has 16 nitrogen and oxygen atoms in total. The Hall–Kier alpha value is -4.53. The molecule has 0 bridgehead atoms. The minimum Gasteiger partial charge on any atom is -0.344 e. The van der Waals surface area contributed by atoms with Gasteiger partial charge in [-0.1, -0.05) is 56.5 Å². The van der Waals surface area contributed by atoms with Crippen molar-refractivity contribution in [3.8, 4) is 0 Å². The van der Waals surface area contributed by atoms with Crippen LogP contribution in [0, 0.1) is 6.92 Å². The number of hydrogen-bond acceptors (Lipinski definition) is 11. The number of carbonyl (C=O) groups excluding carboxylic acids is 3. The molecule has 3 heterocycles. The number of amides is 2. The zero-order valence-electron chi connectivity index (χ0n) is 34.0. The third-order valence-electron chi connectivity index (χ3n) is 11.1. The van der Waals surface area contributed by atoms with Crippen LogP contribution in [0.25, 0.3) is 0 Å². The smallest absolute Gasteiger partial charge is 0.333 e. The fourth-order valence-corrected chi connectivity index (χ4v) is 9.62. The number of aryl methyl sites for hydroxylation is 1. The van der Waals surface area contributed by atoms with Crippen molar-refractivity contribution in [1.29, 1.82) is 0 Å². The van der Waals surface area contributed by atoms with Crippen LogP contribution >= 0.6 is 0 Å². The van der Waals surface area contributed by atoms with Gasteiger partial charge in [-0.3, -0.25) is 23.2 Å². The summed E-state index contributed by atoms with van der Waals surface area (Å²) >= 11 is 0. The predicted octanol–water partition coefficient (Wildman–Crippen LogP) is 5.51. The molecule has 326 valence electrons. The van der Waals surface area contributed by atoms with E-state index in [0.717, 1.165) is 22.5 Å². The molecule has 0 aliphatic carbocycles. The second-order valence-electron chi connectivity index (χ2n) is 16.0. The van der Waals surface area contributed by atoms with Gasteiger partial charge in [0.1, 0.15) is 6.54 Å². The highest BCUT2D eigenvalue weighted by Crippen LogP contribution is 2.49. The number of hydroxylamine groups is 2. The molecule has 1 unspecified atom stereocenters. The van der Waals surface area contributed by atoms with E-state index in [2.05, 4.69) is 13.0 Å². The molecule has 0 spiro atoms. The molecule has 2 amide bonds. The fraction of sp³-hybridized carbons (Fsp3) is 0.463. The fourth-order valence-electron chi connectivity index (χ4n) is 8.12. The molecule has 3 aliphatic rings. The molecule has 3 N–H and O–H groups in total. The van der Waals surface area contributed by atoms with Crippen LogP contribution in [-0.2, 0) is 60.4 Å². The summed E-state index contributed by atoms with van der Waals surface area (Å²) in [6.45, 7) is 8.30. The topological polar surface area (TPSA) is 233 Å². The van der Waals surface area contributed by atoms with Gasteiger partial charge in [0, 0.05) is 66.7 Å². The predicted molar refractivity (Wildman–Crippen MR) is 224 cm³/mol. The highest BCUT2D eigenvalue weighted by atomic mass is 32.2. The lowest BCUT2D eigenvalue weighted by Crippen LogP contribution is -2.32. The van der Waals surface area contributed by atoms with Crippen LogP contribution in [-0.4, -0.2) is 96.6 Å². The zero-order valence-corrected chi connectivity index (χ0v) is 36.5. The molecule has 1 fully saturated rings. The van der Waals surface area contributed by atoms with E-state index < -0.39 is 70.5 Å². The SMILES string of the molecule is Cc1ccc2c(c1)C(C)(CCCCCC(=O)ON1C(=O)CCC1=O)C(/C=C/C=C/C=C1\N(CCCS(=O)(=O)O)c3ccc(S(=O)(=O)O)cc3C1(C)C)=[N+]2CCCS(=O)(=O)O. The number of fused-ring (bicyclic) bond motifs is 2. The van der Waals surface area contributed by atoms with E-state index in [4.69, 9.17) is 4.84 Å². The number of benzene rings is 2. The van der Waals surface area contributed by atoms with Gasteiger partial charge < -0.3 is 9.74 Å². The first-order valence-electron chi connectivity index (χ1n) is 19.6. The summed E-state index contributed by atoms with van der Waals surface area (Å²) in [6.07, 6.45) is 11.8. The second kappa shape index (κ2) is 18.2. The van der Waals surface area contributed by atoms with E-state index in [-0.39, 0.29) is 50.1 Å². The van der Waals surface area contributed by atoms with Crippen molar-refractivity contribution in [3.63, 3.8) is 0 Å². The zero-order chi connectivity index (χ0) is 44.3. The van der Waals surface area contributed by atoms with Gasteiger partial charge in [0.2, 0.25) is 5.69 Å². The summed E-state index contributed by atoms with van der Waals surface area (Å²) in [5, 5.41) is 0.537. The van der Waals surface area contributed by atoms with Gasteiger partial charge in [-0.05, 0) is 69.0 Å². The summed E-state index contributed by atoms with van der Waals surface area (Å²) in [5.74, 6) is -2.66. The third kappa shape index (κ3) is 11.0. The summed E-state index contributed by atoms with van der Waals surface area (Å²) in [6, 6.07) is 10.3. The number of rotatable bonds is 19. The number of nitrogens with zero attached hydrogens (tertiary/aromatic N) is 3. The standard InChI is InChI=1S/C41H51N3O13S3/c1-29-16-18-34-32(27-29)41(4,22-10-6-9-15-39(47)57-44-37(45)20-21-38(44)46)36(43(34)24-12-26-59(51,52)53)14-8-5-7-13-35-40(2,3)31-28-30(60(54,55)56)17-19-33(31)42(35)23-11-25-58(48,49)50/h5,7-8,13-14,16-19,27-28H,6,9-12,15,20-26H2,1-4H3,(H2-,48,49,50,51,52,53,54,55,56)/p+1. The van der Waals surface area contributed by atoms with Gasteiger partial charge in [-0.15, -0.1) is 5.06 Å².